The van der Waals surface area contributed by atoms with Gasteiger partial charge in [0.2, 0.25) is 10.0 Å². The molecule has 1 heterocycles. The molecule has 7 nitrogen and oxygen atoms in total. The molecule has 0 saturated carbocycles. The molecule has 8 heteroatoms. The third-order valence-corrected chi connectivity index (χ3v) is 4.72. The number of hydrogen-bond acceptors (Lipinski definition) is 5. The van der Waals surface area contributed by atoms with Gasteiger partial charge in [-0.15, -0.1) is 0 Å². The van der Waals surface area contributed by atoms with Crippen LogP contribution in [0.1, 0.15) is 18.5 Å². The van der Waals surface area contributed by atoms with Crippen LogP contribution in [0.15, 0.2) is 35.5 Å². The minimum Gasteiger partial charge on any atom is -0.497 e. The summed E-state index contributed by atoms with van der Waals surface area (Å²) in [6.45, 7) is 1.74. The van der Waals surface area contributed by atoms with Crippen molar-refractivity contribution in [3.05, 3.63) is 36.2 Å². The highest BCUT2D eigenvalue weighted by Gasteiger charge is 2.22. The maximum Gasteiger partial charge on any atom is 0.244 e. The van der Waals surface area contributed by atoms with Gasteiger partial charge in [-0.2, -0.15) is 5.10 Å². The number of hydrogen-bond donors (Lipinski definition) is 1. The first kappa shape index (κ1) is 16.3. The van der Waals surface area contributed by atoms with E-state index < -0.39 is 16.1 Å². The molecule has 0 fully saturated rings. The van der Waals surface area contributed by atoms with E-state index in [1.165, 1.54) is 24.2 Å². The van der Waals surface area contributed by atoms with Crippen LogP contribution in [0.2, 0.25) is 0 Å². The largest absolute Gasteiger partial charge is 0.497 e. The summed E-state index contributed by atoms with van der Waals surface area (Å²) in [5.41, 5.74) is 0.689. The Hall–Kier alpha value is -2.06. The highest BCUT2D eigenvalue weighted by atomic mass is 32.2. The summed E-state index contributed by atoms with van der Waals surface area (Å²) in [7, 11) is 1.09. The third kappa shape index (κ3) is 3.40. The topological polar surface area (TPSA) is 82.4 Å². The molecule has 1 aromatic carbocycles. The molecule has 0 aliphatic rings. The standard InChI is InChI=1S/C14H19N3O4S/c1-10(13-7-11(20-3)5-6-14(13)21-4)16-22(18,19)12-8-15-17(2)9-12/h5-10,16H,1-4H3/t10-/m0/s1. The van der Waals surface area contributed by atoms with Gasteiger partial charge in [-0.1, -0.05) is 0 Å². The van der Waals surface area contributed by atoms with Gasteiger partial charge in [0.1, 0.15) is 16.4 Å². The average molecular weight is 325 g/mol. The number of nitrogens with zero attached hydrogens (tertiary/aromatic N) is 2. The molecular formula is C14H19N3O4S. The van der Waals surface area contributed by atoms with Crippen molar-refractivity contribution in [2.45, 2.75) is 17.9 Å². The van der Waals surface area contributed by atoms with Crippen molar-refractivity contribution in [2.24, 2.45) is 7.05 Å². The van der Waals surface area contributed by atoms with E-state index in [1.807, 2.05) is 0 Å². The molecule has 22 heavy (non-hydrogen) atoms. The molecule has 0 saturated heterocycles. The molecule has 0 aliphatic carbocycles. The van der Waals surface area contributed by atoms with E-state index in [0.717, 1.165) is 0 Å². The Bertz CT molecular complexity index is 755. The maximum absolute atomic E-state index is 12.3. The number of aromatic nitrogens is 2. The monoisotopic (exact) mass is 325 g/mol. The van der Waals surface area contributed by atoms with Crippen molar-refractivity contribution < 1.29 is 17.9 Å². The summed E-state index contributed by atoms with van der Waals surface area (Å²) >= 11 is 0. The van der Waals surface area contributed by atoms with Gasteiger partial charge >= 0.3 is 0 Å². The van der Waals surface area contributed by atoms with Gasteiger partial charge < -0.3 is 9.47 Å². The minimum atomic E-state index is -3.66. The Labute approximate surface area is 129 Å². The van der Waals surface area contributed by atoms with Gasteiger partial charge in [0.15, 0.2) is 0 Å². The first-order valence-electron chi connectivity index (χ1n) is 6.60. The molecule has 2 aromatic rings. The van der Waals surface area contributed by atoms with E-state index in [9.17, 15) is 8.42 Å². The van der Waals surface area contributed by atoms with Crippen LogP contribution in [-0.2, 0) is 17.1 Å². The predicted molar refractivity (Wildman–Crippen MR) is 81.5 cm³/mol. The Kier molecular flexibility index (Phi) is 4.72. The van der Waals surface area contributed by atoms with Crippen molar-refractivity contribution in [1.82, 2.24) is 14.5 Å². The molecule has 0 amide bonds. The van der Waals surface area contributed by atoms with Gasteiger partial charge in [0.05, 0.1) is 20.4 Å². The van der Waals surface area contributed by atoms with Crippen molar-refractivity contribution in [1.29, 1.82) is 0 Å². The molecule has 0 radical (unpaired) electrons. The van der Waals surface area contributed by atoms with Crippen LogP contribution in [0.5, 0.6) is 11.5 Å². The van der Waals surface area contributed by atoms with Crippen LogP contribution < -0.4 is 14.2 Å². The smallest absolute Gasteiger partial charge is 0.244 e. The fourth-order valence-electron chi connectivity index (χ4n) is 2.08. The first-order valence-corrected chi connectivity index (χ1v) is 8.08. The third-order valence-electron chi connectivity index (χ3n) is 3.23. The quantitative estimate of drug-likeness (QED) is 0.870. The summed E-state index contributed by atoms with van der Waals surface area (Å²) in [4.78, 5) is 0.115. The van der Waals surface area contributed by atoms with Crippen LogP contribution in [-0.4, -0.2) is 32.4 Å². The van der Waals surface area contributed by atoms with E-state index in [2.05, 4.69) is 9.82 Å². The Morgan fingerprint density at radius 2 is 2.00 bits per heavy atom. The van der Waals surface area contributed by atoms with Gasteiger partial charge in [-0.05, 0) is 25.1 Å². The number of benzene rings is 1. The molecule has 1 aromatic heterocycles. The number of aryl methyl sites for hydroxylation is 1. The lowest BCUT2D eigenvalue weighted by molar-refractivity contribution is 0.395. The summed E-state index contributed by atoms with van der Waals surface area (Å²) in [5.74, 6) is 1.21. The van der Waals surface area contributed by atoms with Crippen LogP contribution >= 0.6 is 0 Å². The molecule has 1 atom stereocenters. The Morgan fingerprint density at radius 1 is 1.27 bits per heavy atom. The summed E-state index contributed by atoms with van der Waals surface area (Å²) < 4.78 is 39.2. The lowest BCUT2D eigenvalue weighted by atomic mass is 10.1. The molecule has 0 aliphatic heterocycles. The number of methoxy groups -OCH3 is 2. The second kappa shape index (κ2) is 6.37. The highest BCUT2D eigenvalue weighted by Crippen LogP contribution is 2.30. The molecule has 0 unspecified atom stereocenters. The predicted octanol–water partition coefficient (Wildman–Crippen LogP) is 1.48. The van der Waals surface area contributed by atoms with E-state index in [0.29, 0.717) is 17.1 Å². The van der Waals surface area contributed by atoms with E-state index in [1.54, 1.807) is 39.3 Å². The highest BCUT2D eigenvalue weighted by molar-refractivity contribution is 7.89. The molecular weight excluding hydrogens is 306 g/mol. The van der Waals surface area contributed by atoms with Gasteiger partial charge in [-0.25, -0.2) is 13.1 Å². The van der Waals surface area contributed by atoms with Crippen LogP contribution in [0, 0.1) is 0 Å². The summed E-state index contributed by atoms with van der Waals surface area (Å²) in [6, 6.07) is 4.75. The molecule has 120 valence electrons. The first-order chi connectivity index (χ1) is 10.4. The Balaban J connectivity index is 2.30. The normalized spacial score (nSPS) is 12.9. The number of nitrogens with one attached hydrogen (secondary N) is 1. The van der Waals surface area contributed by atoms with Crippen LogP contribution in [0.3, 0.4) is 0 Å². The van der Waals surface area contributed by atoms with Gasteiger partial charge in [0.25, 0.3) is 0 Å². The average Bonchev–Trinajstić information content (AvgIpc) is 2.93. The lowest BCUT2D eigenvalue weighted by Gasteiger charge is -2.17. The SMILES string of the molecule is COc1ccc(OC)c([C@H](C)NS(=O)(=O)c2cnn(C)c2)c1. The maximum atomic E-state index is 12.3. The summed E-state index contributed by atoms with van der Waals surface area (Å²) in [5, 5.41) is 3.88. The molecule has 0 spiro atoms. The van der Waals surface area contributed by atoms with Crippen molar-refractivity contribution >= 4 is 10.0 Å². The second-order valence-electron chi connectivity index (χ2n) is 4.80. The fraction of sp³-hybridized carbons (Fsp3) is 0.357. The zero-order valence-electron chi connectivity index (χ0n) is 12.9. The number of rotatable bonds is 6. The van der Waals surface area contributed by atoms with Crippen molar-refractivity contribution in [2.75, 3.05) is 14.2 Å². The van der Waals surface area contributed by atoms with E-state index >= 15 is 0 Å². The van der Waals surface area contributed by atoms with Crippen molar-refractivity contribution in [3.8, 4) is 11.5 Å². The van der Waals surface area contributed by atoms with Gasteiger partial charge in [-0.3, -0.25) is 4.68 Å². The van der Waals surface area contributed by atoms with Crippen LogP contribution in [0.4, 0.5) is 0 Å². The van der Waals surface area contributed by atoms with Gasteiger partial charge in [0, 0.05) is 24.8 Å². The number of ether oxygens (including phenoxy) is 2. The van der Waals surface area contributed by atoms with E-state index in [-0.39, 0.29) is 4.90 Å². The second-order valence-corrected chi connectivity index (χ2v) is 6.51. The zero-order chi connectivity index (χ0) is 16.3. The van der Waals surface area contributed by atoms with E-state index in [4.69, 9.17) is 9.47 Å². The molecule has 2 rings (SSSR count). The van der Waals surface area contributed by atoms with Crippen molar-refractivity contribution in [3.63, 3.8) is 0 Å². The molecule has 0 bridgehead atoms. The molecule has 1 N–H and O–H groups in total. The van der Waals surface area contributed by atoms with Crippen LogP contribution in [0.25, 0.3) is 0 Å². The lowest BCUT2D eigenvalue weighted by Crippen LogP contribution is -2.27. The minimum absolute atomic E-state index is 0.115. The summed E-state index contributed by atoms with van der Waals surface area (Å²) in [6.07, 6.45) is 2.75. The zero-order valence-corrected chi connectivity index (χ0v) is 13.7. The Morgan fingerprint density at radius 3 is 2.55 bits per heavy atom. The fourth-order valence-corrected chi connectivity index (χ4v) is 3.29. The number of sulfonamides is 1.